The minimum absolute atomic E-state index is 0.490. The van der Waals surface area contributed by atoms with Gasteiger partial charge >= 0.3 is 6.03 Å². The third-order valence-corrected chi connectivity index (χ3v) is 4.07. The van der Waals surface area contributed by atoms with Crippen molar-refractivity contribution >= 4 is 11.7 Å². The topological polar surface area (TPSA) is 55.1 Å². The Kier molecular flexibility index (Phi) is 10.2. The van der Waals surface area contributed by atoms with Crippen molar-refractivity contribution in [2.24, 2.45) is 5.73 Å². The van der Waals surface area contributed by atoms with E-state index in [1.54, 1.807) is 0 Å². The second kappa shape index (κ2) is 12.1. The maximum absolute atomic E-state index is 11.0. The molecule has 0 fully saturated rings. The highest BCUT2D eigenvalue weighted by Crippen LogP contribution is 2.18. The summed E-state index contributed by atoms with van der Waals surface area (Å²) < 4.78 is 0. The molecule has 0 saturated heterocycles. The smallest absolute Gasteiger partial charge is 0.316 e. The third-order valence-electron chi connectivity index (χ3n) is 4.07. The highest BCUT2D eigenvalue weighted by Gasteiger charge is 2.03. The summed E-state index contributed by atoms with van der Waals surface area (Å²) in [7, 11) is 0. The van der Waals surface area contributed by atoms with Gasteiger partial charge in [0.05, 0.1) is 0 Å². The number of anilines is 1. The molecule has 0 unspecified atom stereocenters. The second-order valence-corrected chi connectivity index (χ2v) is 6.08. The van der Waals surface area contributed by atoms with E-state index >= 15 is 0 Å². The molecule has 0 aromatic heterocycles. The van der Waals surface area contributed by atoms with E-state index in [9.17, 15) is 4.79 Å². The number of urea groups is 1. The van der Waals surface area contributed by atoms with Crippen LogP contribution < -0.4 is 11.1 Å². The summed E-state index contributed by atoms with van der Waals surface area (Å²) in [5.41, 5.74) is 7.23. The first kappa shape index (κ1) is 18.5. The van der Waals surface area contributed by atoms with E-state index in [4.69, 9.17) is 5.73 Å². The number of rotatable bonds is 12. The molecule has 0 bridgehead atoms. The van der Waals surface area contributed by atoms with Crippen molar-refractivity contribution in [3.63, 3.8) is 0 Å². The van der Waals surface area contributed by atoms with Gasteiger partial charge in [-0.1, -0.05) is 82.9 Å². The highest BCUT2D eigenvalue weighted by atomic mass is 16.2. The fourth-order valence-electron chi connectivity index (χ4n) is 2.80. The summed E-state index contributed by atoms with van der Waals surface area (Å²) in [5.74, 6) is 0. The molecule has 124 valence electrons. The predicted octanol–water partition coefficient (Wildman–Crippen LogP) is 5.64. The SMILES string of the molecule is CCCCCCCCCCCCc1ccccc1NC(N)=O. The highest BCUT2D eigenvalue weighted by molar-refractivity contribution is 5.88. The Bertz CT molecular complexity index is 418. The molecule has 0 spiro atoms. The molecule has 0 heterocycles. The summed E-state index contributed by atoms with van der Waals surface area (Å²) >= 11 is 0. The Morgan fingerprint density at radius 1 is 0.909 bits per heavy atom. The van der Waals surface area contributed by atoms with Crippen LogP contribution >= 0.6 is 0 Å². The molecule has 3 nitrogen and oxygen atoms in total. The minimum atomic E-state index is -0.490. The number of hydrogen-bond donors (Lipinski definition) is 2. The van der Waals surface area contributed by atoms with Gasteiger partial charge in [-0.15, -0.1) is 0 Å². The van der Waals surface area contributed by atoms with Crippen molar-refractivity contribution in [3.05, 3.63) is 29.8 Å². The van der Waals surface area contributed by atoms with Crippen molar-refractivity contribution in [3.8, 4) is 0 Å². The van der Waals surface area contributed by atoms with E-state index < -0.39 is 6.03 Å². The van der Waals surface area contributed by atoms with Crippen molar-refractivity contribution in [1.82, 2.24) is 0 Å². The molecule has 1 aromatic rings. The molecule has 0 saturated carbocycles. The molecule has 3 heteroatoms. The van der Waals surface area contributed by atoms with Gasteiger partial charge in [-0.05, 0) is 24.5 Å². The van der Waals surface area contributed by atoms with Gasteiger partial charge in [0.1, 0.15) is 0 Å². The zero-order valence-corrected chi connectivity index (χ0v) is 14.1. The molecule has 0 radical (unpaired) electrons. The summed E-state index contributed by atoms with van der Waals surface area (Å²) in [5, 5.41) is 2.70. The van der Waals surface area contributed by atoms with Gasteiger partial charge in [0.15, 0.2) is 0 Å². The average molecular weight is 304 g/mol. The standard InChI is InChI=1S/C19H32N2O/c1-2-3-4-5-6-7-8-9-10-11-14-17-15-12-13-16-18(17)21-19(20)22/h12-13,15-16H,2-11,14H2,1H3,(H3,20,21,22). The normalized spacial score (nSPS) is 10.6. The molecule has 1 rings (SSSR count). The summed E-state index contributed by atoms with van der Waals surface area (Å²) in [6.45, 7) is 2.26. The Hall–Kier alpha value is -1.51. The average Bonchev–Trinajstić information content (AvgIpc) is 2.50. The fraction of sp³-hybridized carbons (Fsp3) is 0.632. The van der Waals surface area contributed by atoms with Gasteiger partial charge in [-0.3, -0.25) is 0 Å². The number of benzene rings is 1. The lowest BCUT2D eigenvalue weighted by molar-refractivity contribution is 0.259. The Morgan fingerprint density at radius 3 is 2.05 bits per heavy atom. The van der Waals surface area contributed by atoms with Gasteiger partial charge < -0.3 is 11.1 Å². The minimum Gasteiger partial charge on any atom is -0.351 e. The fourth-order valence-corrected chi connectivity index (χ4v) is 2.80. The van der Waals surface area contributed by atoms with Gasteiger partial charge in [-0.25, -0.2) is 4.79 Å². The first-order chi connectivity index (χ1) is 10.7. The molecular formula is C19H32N2O. The van der Waals surface area contributed by atoms with Crippen LogP contribution in [0.25, 0.3) is 0 Å². The van der Waals surface area contributed by atoms with Crippen LogP contribution in [0.3, 0.4) is 0 Å². The number of nitrogens with two attached hydrogens (primary N) is 1. The van der Waals surface area contributed by atoms with Crippen LogP contribution in [0.5, 0.6) is 0 Å². The Labute approximate surface area is 135 Å². The third kappa shape index (κ3) is 8.71. The van der Waals surface area contributed by atoms with Crippen LogP contribution in [0.2, 0.25) is 0 Å². The Morgan fingerprint density at radius 2 is 1.45 bits per heavy atom. The maximum atomic E-state index is 11.0. The van der Waals surface area contributed by atoms with Crippen LogP contribution in [-0.2, 0) is 6.42 Å². The molecule has 3 N–H and O–H groups in total. The van der Waals surface area contributed by atoms with Crippen molar-refractivity contribution in [2.45, 2.75) is 77.6 Å². The van der Waals surface area contributed by atoms with Crippen LogP contribution in [0.1, 0.15) is 76.7 Å². The largest absolute Gasteiger partial charge is 0.351 e. The number of carbonyl (C=O) groups excluding carboxylic acids is 1. The van der Waals surface area contributed by atoms with Crippen LogP contribution in [0.15, 0.2) is 24.3 Å². The second-order valence-electron chi connectivity index (χ2n) is 6.08. The molecule has 1 aromatic carbocycles. The number of nitrogens with one attached hydrogen (secondary N) is 1. The van der Waals surface area contributed by atoms with Gasteiger partial charge in [0, 0.05) is 5.69 Å². The molecule has 0 atom stereocenters. The number of aryl methyl sites for hydroxylation is 1. The lowest BCUT2D eigenvalue weighted by Crippen LogP contribution is -2.20. The molecule has 2 amide bonds. The maximum Gasteiger partial charge on any atom is 0.316 e. The van der Waals surface area contributed by atoms with Crippen molar-refractivity contribution in [1.29, 1.82) is 0 Å². The first-order valence-electron chi connectivity index (χ1n) is 8.88. The molecule has 22 heavy (non-hydrogen) atoms. The van der Waals surface area contributed by atoms with E-state index in [2.05, 4.69) is 18.3 Å². The van der Waals surface area contributed by atoms with E-state index in [-0.39, 0.29) is 0 Å². The summed E-state index contributed by atoms with van der Waals surface area (Å²) in [4.78, 5) is 11.0. The zero-order chi connectivity index (χ0) is 16.0. The summed E-state index contributed by atoms with van der Waals surface area (Å²) in [6.07, 6.45) is 14.4. The van der Waals surface area contributed by atoms with Gasteiger partial charge in [0.25, 0.3) is 0 Å². The van der Waals surface area contributed by atoms with E-state index in [0.717, 1.165) is 12.1 Å². The zero-order valence-electron chi connectivity index (χ0n) is 14.1. The lowest BCUT2D eigenvalue weighted by atomic mass is 10.0. The number of para-hydroxylation sites is 1. The Balaban J connectivity index is 2.08. The summed E-state index contributed by atoms with van der Waals surface area (Å²) in [6, 6.07) is 7.43. The number of carbonyl (C=O) groups is 1. The number of unbranched alkanes of at least 4 members (excludes halogenated alkanes) is 9. The molecule has 0 aliphatic heterocycles. The van der Waals surface area contributed by atoms with Crippen LogP contribution in [0.4, 0.5) is 10.5 Å². The molecule has 0 aliphatic carbocycles. The molecule has 0 aliphatic rings. The number of primary amides is 1. The van der Waals surface area contributed by atoms with Gasteiger partial charge in [-0.2, -0.15) is 0 Å². The van der Waals surface area contributed by atoms with Crippen LogP contribution in [0, 0.1) is 0 Å². The van der Waals surface area contributed by atoms with Gasteiger partial charge in [0.2, 0.25) is 0 Å². The molecular weight excluding hydrogens is 272 g/mol. The van der Waals surface area contributed by atoms with Crippen molar-refractivity contribution < 1.29 is 4.79 Å². The van der Waals surface area contributed by atoms with E-state index in [0.29, 0.717) is 0 Å². The predicted molar refractivity (Wildman–Crippen MR) is 95.2 cm³/mol. The monoisotopic (exact) mass is 304 g/mol. The van der Waals surface area contributed by atoms with E-state index in [1.807, 2.05) is 18.2 Å². The number of amides is 2. The lowest BCUT2D eigenvalue weighted by Gasteiger charge is -2.09. The van der Waals surface area contributed by atoms with E-state index in [1.165, 1.54) is 69.8 Å². The number of hydrogen-bond acceptors (Lipinski definition) is 1. The van der Waals surface area contributed by atoms with Crippen LogP contribution in [-0.4, -0.2) is 6.03 Å². The quantitative estimate of drug-likeness (QED) is 0.482. The first-order valence-corrected chi connectivity index (χ1v) is 8.88. The van der Waals surface area contributed by atoms with Crippen molar-refractivity contribution in [2.75, 3.05) is 5.32 Å².